The molecule has 21 heavy (non-hydrogen) atoms. The van der Waals surface area contributed by atoms with Gasteiger partial charge in [-0.15, -0.1) is 0 Å². The van der Waals surface area contributed by atoms with Crippen LogP contribution in [0, 0.1) is 13.8 Å². The molecule has 5 heteroatoms. The molecule has 2 aromatic rings. The third-order valence-electron chi connectivity index (χ3n) is 3.26. The van der Waals surface area contributed by atoms with Crippen LogP contribution >= 0.6 is 0 Å². The molecule has 0 fully saturated rings. The van der Waals surface area contributed by atoms with E-state index in [1.807, 2.05) is 19.2 Å². The Hall–Kier alpha value is -2.56. The van der Waals surface area contributed by atoms with Gasteiger partial charge in [-0.25, -0.2) is 0 Å². The van der Waals surface area contributed by atoms with E-state index in [1.165, 1.54) is 11.1 Å². The van der Waals surface area contributed by atoms with Crippen molar-refractivity contribution in [1.82, 2.24) is 4.98 Å². The molecule has 0 aliphatic rings. The van der Waals surface area contributed by atoms with Crippen LogP contribution in [0.4, 0.5) is 5.69 Å². The van der Waals surface area contributed by atoms with E-state index in [2.05, 4.69) is 47.1 Å². The molecule has 1 aromatic heterocycles. The van der Waals surface area contributed by atoms with Crippen molar-refractivity contribution >= 4 is 11.5 Å². The number of nitrogens with zero attached hydrogens (tertiary/aromatic N) is 3. The van der Waals surface area contributed by atoms with Crippen molar-refractivity contribution in [2.75, 3.05) is 11.9 Å². The standard InChI is InChI=1S/C16H20N4O/c1-11-6-12(2)8-14(7-11)20(3)10-13-4-5-18-15(9-13)16(17)19-21/h4-9,21H,10H2,1-3H3,(H2,17,19). The third-order valence-corrected chi connectivity index (χ3v) is 3.26. The van der Waals surface area contributed by atoms with E-state index < -0.39 is 0 Å². The summed E-state index contributed by atoms with van der Waals surface area (Å²) in [5, 5.41) is 11.7. The SMILES string of the molecule is Cc1cc(C)cc(N(C)Cc2ccnc(C(N)=NO)c2)c1. The molecule has 110 valence electrons. The first-order valence-corrected chi connectivity index (χ1v) is 6.72. The van der Waals surface area contributed by atoms with Crippen molar-refractivity contribution in [3.8, 4) is 0 Å². The number of benzene rings is 1. The average molecular weight is 284 g/mol. The van der Waals surface area contributed by atoms with Crippen LogP contribution in [0.5, 0.6) is 0 Å². The number of amidine groups is 1. The highest BCUT2D eigenvalue weighted by Gasteiger charge is 2.06. The first-order valence-electron chi connectivity index (χ1n) is 6.72. The van der Waals surface area contributed by atoms with Gasteiger partial charge in [0.1, 0.15) is 5.69 Å². The number of aromatic nitrogens is 1. The summed E-state index contributed by atoms with van der Waals surface area (Å²) in [6.45, 7) is 4.90. The van der Waals surface area contributed by atoms with Gasteiger partial charge in [-0.3, -0.25) is 4.98 Å². The van der Waals surface area contributed by atoms with Gasteiger partial charge in [0.05, 0.1) is 0 Å². The Bertz CT molecular complexity index is 647. The van der Waals surface area contributed by atoms with Crippen LogP contribution < -0.4 is 10.6 Å². The van der Waals surface area contributed by atoms with Crippen molar-refractivity contribution in [3.05, 3.63) is 58.9 Å². The largest absolute Gasteiger partial charge is 0.409 e. The molecule has 2 rings (SSSR count). The lowest BCUT2D eigenvalue weighted by Crippen LogP contribution is -2.19. The molecule has 0 aliphatic heterocycles. The Morgan fingerprint density at radius 1 is 1.24 bits per heavy atom. The highest BCUT2D eigenvalue weighted by atomic mass is 16.4. The van der Waals surface area contributed by atoms with E-state index in [0.29, 0.717) is 5.69 Å². The summed E-state index contributed by atoms with van der Waals surface area (Å²) in [5.41, 5.74) is 10.7. The number of hydrogen-bond acceptors (Lipinski definition) is 4. The molecule has 1 aromatic carbocycles. The summed E-state index contributed by atoms with van der Waals surface area (Å²) in [6, 6.07) is 10.2. The lowest BCUT2D eigenvalue weighted by atomic mass is 10.1. The Balaban J connectivity index is 2.21. The summed E-state index contributed by atoms with van der Waals surface area (Å²) >= 11 is 0. The predicted molar refractivity (Wildman–Crippen MR) is 84.8 cm³/mol. The normalized spacial score (nSPS) is 11.5. The van der Waals surface area contributed by atoms with E-state index >= 15 is 0 Å². The molecule has 0 unspecified atom stereocenters. The minimum atomic E-state index is 0.0194. The van der Waals surface area contributed by atoms with Crippen LogP contribution in [0.15, 0.2) is 41.7 Å². The second kappa shape index (κ2) is 6.26. The van der Waals surface area contributed by atoms with E-state index in [1.54, 1.807) is 6.20 Å². The van der Waals surface area contributed by atoms with Crippen molar-refractivity contribution in [3.63, 3.8) is 0 Å². The van der Waals surface area contributed by atoms with E-state index in [9.17, 15) is 0 Å². The Kier molecular flexibility index (Phi) is 4.42. The molecular formula is C16H20N4O. The van der Waals surface area contributed by atoms with Crippen LogP contribution in [0.25, 0.3) is 0 Å². The van der Waals surface area contributed by atoms with Gasteiger partial charge in [-0.2, -0.15) is 0 Å². The van der Waals surface area contributed by atoms with Gasteiger partial charge in [0.15, 0.2) is 5.84 Å². The summed E-state index contributed by atoms with van der Waals surface area (Å²) in [7, 11) is 2.04. The van der Waals surface area contributed by atoms with E-state index in [-0.39, 0.29) is 5.84 Å². The third kappa shape index (κ3) is 3.72. The predicted octanol–water partition coefficient (Wildman–Crippen LogP) is 2.43. The van der Waals surface area contributed by atoms with Crippen LogP contribution in [0.1, 0.15) is 22.4 Å². The van der Waals surface area contributed by atoms with Crippen LogP contribution in [-0.4, -0.2) is 23.1 Å². The highest BCUT2D eigenvalue weighted by molar-refractivity contribution is 5.95. The van der Waals surface area contributed by atoms with Crippen molar-refractivity contribution in [2.24, 2.45) is 10.9 Å². The summed E-state index contributed by atoms with van der Waals surface area (Å²) in [5.74, 6) is 0.0194. The number of oxime groups is 1. The number of anilines is 1. The Labute approximate surface area is 124 Å². The van der Waals surface area contributed by atoms with Gasteiger partial charge >= 0.3 is 0 Å². The van der Waals surface area contributed by atoms with Gasteiger partial charge in [-0.05, 0) is 54.8 Å². The van der Waals surface area contributed by atoms with Gasteiger partial charge < -0.3 is 15.8 Å². The Morgan fingerprint density at radius 3 is 2.52 bits per heavy atom. The first kappa shape index (κ1) is 14.8. The monoisotopic (exact) mass is 284 g/mol. The topological polar surface area (TPSA) is 74.7 Å². The average Bonchev–Trinajstić information content (AvgIpc) is 2.45. The Morgan fingerprint density at radius 2 is 1.90 bits per heavy atom. The highest BCUT2D eigenvalue weighted by Crippen LogP contribution is 2.19. The fourth-order valence-corrected chi connectivity index (χ4v) is 2.30. The van der Waals surface area contributed by atoms with Crippen molar-refractivity contribution in [2.45, 2.75) is 20.4 Å². The zero-order chi connectivity index (χ0) is 15.4. The minimum Gasteiger partial charge on any atom is -0.409 e. The maximum Gasteiger partial charge on any atom is 0.188 e. The summed E-state index contributed by atoms with van der Waals surface area (Å²) in [6.07, 6.45) is 1.66. The van der Waals surface area contributed by atoms with E-state index in [4.69, 9.17) is 10.9 Å². The maximum absolute atomic E-state index is 8.71. The molecule has 1 heterocycles. The van der Waals surface area contributed by atoms with Crippen molar-refractivity contribution in [1.29, 1.82) is 0 Å². The second-order valence-corrected chi connectivity index (χ2v) is 5.24. The lowest BCUT2D eigenvalue weighted by molar-refractivity contribution is 0.318. The molecule has 0 saturated carbocycles. The van der Waals surface area contributed by atoms with E-state index in [0.717, 1.165) is 17.8 Å². The molecule has 0 aliphatic carbocycles. The fraction of sp³-hybridized carbons (Fsp3) is 0.250. The summed E-state index contributed by atoms with van der Waals surface area (Å²) in [4.78, 5) is 6.24. The van der Waals surface area contributed by atoms with Crippen LogP contribution in [0.2, 0.25) is 0 Å². The van der Waals surface area contributed by atoms with Gasteiger partial charge in [-0.1, -0.05) is 11.2 Å². The minimum absolute atomic E-state index is 0.0194. The van der Waals surface area contributed by atoms with Crippen molar-refractivity contribution < 1.29 is 5.21 Å². The fourth-order valence-electron chi connectivity index (χ4n) is 2.30. The zero-order valence-electron chi connectivity index (χ0n) is 12.5. The molecule has 0 radical (unpaired) electrons. The van der Waals surface area contributed by atoms with Gasteiger partial charge in [0.25, 0.3) is 0 Å². The number of nitrogens with two attached hydrogens (primary N) is 1. The smallest absolute Gasteiger partial charge is 0.188 e. The molecule has 0 spiro atoms. The van der Waals surface area contributed by atoms with Crippen LogP contribution in [-0.2, 0) is 6.54 Å². The summed E-state index contributed by atoms with van der Waals surface area (Å²) < 4.78 is 0. The molecule has 3 N–H and O–H groups in total. The molecule has 5 nitrogen and oxygen atoms in total. The number of aryl methyl sites for hydroxylation is 2. The number of pyridine rings is 1. The van der Waals surface area contributed by atoms with Crippen LogP contribution in [0.3, 0.4) is 0 Å². The molecule has 0 atom stereocenters. The maximum atomic E-state index is 8.71. The molecule has 0 bridgehead atoms. The zero-order valence-corrected chi connectivity index (χ0v) is 12.5. The molecular weight excluding hydrogens is 264 g/mol. The quantitative estimate of drug-likeness (QED) is 0.391. The first-order chi connectivity index (χ1) is 9.99. The van der Waals surface area contributed by atoms with Gasteiger partial charge in [0.2, 0.25) is 0 Å². The number of hydrogen-bond donors (Lipinski definition) is 2. The lowest BCUT2D eigenvalue weighted by Gasteiger charge is -2.20. The molecule has 0 amide bonds. The number of rotatable bonds is 4. The molecule has 0 saturated heterocycles. The van der Waals surface area contributed by atoms with Gasteiger partial charge in [0, 0.05) is 25.5 Å². The second-order valence-electron chi connectivity index (χ2n) is 5.24.